The summed E-state index contributed by atoms with van der Waals surface area (Å²) < 4.78 is 0. The minimum Gasteiger partial charge on any atom is -0.395 e. The standard InChI is InChI=1S/C12H21N5OS/c1-3-13-10-14-11(17-6-4-5-7-17)16-12(15-10)19-9(2)8-18/h9,18H,3-8H2,1-2H3,(H,13,14,15,16). The van der Waals surface area contributed by atoms with E-state index in [9.17, 15) is 0 Å². The molecule has 2 rings (SSSR count). The smallest absolute Gasteiger partial charge is 0.231 e. The Morgan fingerprint density at radius 2 is 2.05 bits per heavy atom. The molecule has 0 amide bonds. The number of thioether (sulfide) groups is 1. The van der Waals surface area contributed by atoms with Crippen LogP contribution in [0.5, 0.6) is 0 Å². The van der Waals surface area contributed by atoms with Crippen molar-refractivity contribution >= 4 is 23.7 Å². The van der Waals surface area contributed by atoms with Gasteiger partial charge in [-0.15, -0.1) is 0 Å². The quantitative estimate of drug-likeness (QED) is 0.764. The Morgan fingerprint density at radius 1 is 1.32 bits per heavy atom. The number of nitrogens with zero attached hydrogens (tertiary/aromatic N) is 4. The molecular formula is C12H21N5OS. The molecule has 7 heteroatoms. The second-order valence-corrected chi connectivity index (χ2v) is 5.98. The zero-order valence-corrected chi connectivity index (χ0v) is 12.3. The average molecular weight is 283 g/mol. The molecule has 19 heavy (non-hydrogen) atoms. The van der Waals surface area contributed by atoms with Crippen molar-refractivity contribution in [1.82, 2.24) is 15.0 Å². The highest BCUT2D eigenvalue weighted by atomic mass is 32.2. The third kappa shape index (κ3) is 3.94. The van der Waals surface area contributed by atoms with Crippen LogP contribution in [0.25, 0.3) is 0 Å². The molecule has 1 aliphatic rings. The van der Waals surface area contributed by atoms with Crippen LogP contribution in [0, 0.1) is 0 Å². The van der Waals surface area contributed by atoms with Crippen molar-refractivity contribution in [2.75, 3.05) is 36.5 Å². The molecular weight excluding hydrogens is 262 g/mol. The maximum absolute atomic E-state index is 9.13. The van der Waals surface area contributed by atoms with Crippen LogP contribution in [0.4, 0.5) is 11.9 Å². The summed E-state index contributed by atoms with van der Waals surface area (Å²) in [6.07, 6.45) is 2.38. The van der Waals surface area contributed by atoms with Crippen LogP contribution in [0.2, 0.25) is 0 Å². The summed E-state index contributed by atoms with van der Waals surface area (Å²) in [4.78, 5) is 15.5. The molecule has 2 heterocycles. The number of aromatic nitrogens is 3. The van der Waals surface area contributed by atoms with Gasteiger partial charge in [-0.2, -0.15) is 15.0 Å². The molecule has 1 fully saturated rings. The molecule has 0 spiro atoms. The lowest BCUT2D eigenvalue weighted by Gasteiger charge is -2.17. The van der Waals surface area contributed by atoms with Crippen LogP contribution < -0.4 is 10.2 Å². The molecule has 0 saturated carbocycles. The van der Waals surface area contributed by atoms with Gasteiger partial charge < -0.3 is 15.3 Å². The Labute approximate surface area is 118 Å². The van der Waals surface area contributed by atoms with Crippen LogP contribution in [-0.2, 0) is 0 Å². The van der Waals surface area contributed by atoms with E-state index >= 15 is 0 Å². The van der Waals surface area contributed by atoms with E-state index < -0.39 is 0 Å². The summed E-state index contributed by atoms with van der Waals surface area (Å²) in [6.45, 7) is 6.89. The van der Waals surface area contributed by atoms with E-state index in [1.807, 2.05) is 13.8 Å². The van der Waals surface area contributed by atoms with Gasteiger partial charge in [-0.1, -0.05) is 18.7 Å². The van der Waals surface area contributed by atoms with Crippen molar-refractivity contribution < 1.29 is 5.11 Å². The lowest BCUT2D eigenvalue weighted by molar-refractivity contribution is 0.300. The van der Waals surface area contributed by atoms with Gasteiger partial charge >= 0.3 is 0 Å². The summed E-state index contributed by atoms with van der Waals surface area (Å²) in [5, 5.41) is 13.0. The van der Waals surface area contributed by atoms with Gasteiger partial charge in [-0.25, -0.2) is 0 Å². The lowest BCUT2D eigenvalue weighted by Crippen LogP contribution is -2.22. The van der Waals surface area contributed by atoms with Crippen LogP contribution in [0.1, 0.15) is 26.7 Å². The fraction of sp³-hybridized carbons (Fsp3) is 0.750. The summed E-state index contributed by atoms with van der Waals surface area (Å²) in [5.74, 6) is 1.36. The fourth-order valence-electron chi connectivity index (χ4n) is 1.91. The predicted octanol–water partition coefficient (Wildman–Crippen LogP) is 1.38. The molecule has 0 aromatic carbocycles. The first-order valence-corrected chi connectivity index (χ1v) is 7.63. The third-order valence-corrected chi connectivity index (χ3v) is 3.84. The molecule has 2 N–H and O–H groups in total. The van der Waals surface area contributed by atoms with Crippen molar-refractivity contribution in [1.29, 1.82) is 0 Å². The van der Waals surface area contributed by atoms with Gasteiger partial charge in [0.1, 0.15) is 0 Å². The molecule has 0 aliphatic carbocycles. The van der Waals surface area contributed by atoms with E-state index in [0.717, 1.165) is 25.6 Å². The third-order valence-electron chi connectivity index (χ3n) is 2.89. The monoisotopic (exact) mass is 283 g/mol. The molecule has 1 aromatic heterocycles. The summed E-state index contributed by atoms with van der Waals surface area (Å²) in [5.41, 5.74) is 0. The number of nitrogens with one attached hydrogen (secondary N) is 1. The first-order chi connectivity index (χ1) is 9.22. The number of hydrogen-bond acceptors (Lipinski definition) is 7. The zero-order chi connectivity index (χ0) is 13.7. The van der Waals surface area contributed by atoms with E-state index in [4.69, 9.17) is 5.11 Å². The Balaban J connectivity index is 2.20. The molecule has 0 radical (unpaired) electrons. The number of aliphatic hydroxyl groups is 1. The Bertz CT molecular complexity index is 411. The molecule has 0 bridgehead atoms. The van der Waals surface area contributed by atoms with Crippen LogP contribution in [-0.4, -0.2) is 51.5 Å². The van der Waals surface area contributed by atoms with E-state index in [1.54, 1.807) is 0 Å². The van der Waals surface area contributed by atoms with E-state index in [1.165, 1.54) is 24.6 Å². The van der Waals surface area contributed by atoms with Gasteiger partial charge in [-0.3, -0.25) is 0 Å². The first-order valence-electron chi connectivity index (χ1n) is 6.75. The van der Waals surface area contributed by atoms with E-state index in [0.29, 0.717) is 11.1 Å². The van der Waals surface area contributed by atoms with Crippen LogP contribution in [0.15, 0.2) is 5.16 Å². The maximum Gasteiger partial charge on any atom is 0.231 e. The van der Waals surface area contributed by atoms with Gasteiger partial charge in [-0.05, 0) is 19.8 Å². The molecule has 1 aromatic rings. The van der Waals surface area contributed by atoms with Gasteiger partial charge in [0.25, 0.3) is 0 Å². The summed E-state index contributed by atoms with van der Waals surface area (Å²) >= 11 is 1.48. The second-order valence-electron chi connectivity index (χ2n) is 4.58. The van der Waals surface area contributed by atoms with Crippen molar-refractivity contribution in [3.8, 4) is 0 Å². The molecule has 106 valence electrons. The predicted molar refractivity (Wildman–Crippen MR) is 77.8 cm³/mol. The van der Waals surface area contributed by atoms with Gasteiger partial charge in [0, 0.05) is 24.9 Å². The molecule has 6 nitrogen and oxygen atoms in total. The van der Waals surface area contributed by atoms with Gasteiger partial charge in [0.2, 0.25) is 11.9 Å². The SMILES string of the molecule is CCNc1nc(SC(C)CO)nc(N2CCCC2)n1. The molecule has 1 aliphatic heterocycles. The van der Waals surface area contributed by atoms with Crippen molar-refractivity contribution in [3.63, 3.8) is 0 Å². The first kappa shape index (κ1) is 14.3. The van der Waals surface area contributed by atoms with E-state index in [-0.39, 0.29) is 11.9 Å². The Morgan fingerprint density at radius 3 is 2.68 bits per heavy atom. The largest absolute Gasteiger partial charge is 0.395 e. The number of rotatable bonds is 6. The number of anilines is 2. The minimum absolute atomic E-state index is 0.0864. The van der Waals surface area contributed by atoms with Gasteiger partial charge in [0.15, 0.2) is 5.16 Å². The highest BCUT2D eigenvalue weighted by Gasteiger charge is 2.18. The van der Waals surface area contributed by atoms with Crippen LogP contribution >= 0.6 is 11.8 Å². The normalized spacial score (nSPS) is 16.7. The number of hydrogen-bond donors (Lipinski definition) is 2. The molecule has 1 saturated heterocycles. The van der Waals surface area contributed by atoms with Crippen LogP contribution in [0.3, 0.4) is 0 Å². The topological polar surface area (TPSA) is 74.2 Å². The molecule has 1 atom stereocenters. The molecule has 1 unspecified atom stereocenters. The highest BCUT2D eigenvalue weighted by Crippen LogP contribution is 2.24. The lowest BCUT2D eigenvalue weighted by atomic mass is 10.4. The highest BCUT2D eigenvalue weighted by molar-refractivity contribution is 7.99. The minimum atomic E-state index is 0.0864. The summed E-state index contributed by atoms with van der Waals surface area (Å²) in [6, 6.07) is 0. The average Bonchev–Trinajstić information content (AvgIpc) is 2.92. The zero-order valence-electron chi connectivity index (χ0n) is 11.5. The summed E-state index contributed by atoms with van der Waals surface area (Å²) in [7, 11) is 0. The van der Waals surface area contributed by atoms with E-state index in [2.05, 4.69) is 25.2 Å². The number of aliphatic hydroxyl groups excluding tert-OH is 1. The Hall–Kier alpha value is -1.08. The second kappa shape index (κ2) is 6.91. The fourth-order valence-corrected chi connectivity index (χ4v) is 2.62. The van der Waals surface area contributed by atoms with Crippen molar-refractivity contribution in [2.45, 2.75) is 37.1 Å². The Kier molecular flexibility index (Phi) is 5.21. The van der Waals surface area contributed by atoms with Crippen molar-refractivity contribution in [3.05, 3.63) is 0 Å². The van der Waals surface area contributed by atoms with Gasteiger partial charge in [0.05, 0.1) is 6.61 Å². The van der Waals surface area contributed by atoms with Crippen molar-refractivity contribution in [2.24, 2.45) is 0 Å². The maximum atomic E-state index is 9.13.